The lowest BCUT2D eigenvalue weighted by molar-refractivity contribution is 0.0703. The van der Waals surface area contributed by atoms with Crippen LogP contribution in [0.1, 0.15) is 20.8 Å². The van der Waals surface area contributed by atoms with E-state index in [0.717, 1.165) is 32.9 Å². The molecule has 1 atom stereocenters. The number of aromatic carboxylic acids is 1. The van der Waals surface area contributed by atoms with Gasteiger partial charge in [-0.2, -0.15) is 0 Å². The minimum absolute atomic E-state index is 0.119. The molecule has 0 fully saturated rings. The Labute approximate surface area is 163 Å². The van der Waals surface area contributed by atoms with Crippen molar-refractivity contribution in [2.45, 2.75) is 18.7 Å². The molecule has 0 spiro atoms. The van der Waals surface area contributed by atoms with Crippen LogP contribution in [-0.2, 0) is 15.2 Å². The van der Waals surface area contributed by atoms with Crippen LogP contribution in [0.2, 0.25) is 5.02 Å². The number of thiophene rings is 1. The number of anilines is 1. The van der Waals surface area contributed by atoms with Gasteiger partial charge in [0.1, 0.15) is 10.6 Å². The van der Waals surface area contributed by atoms with E-state index < -0.39 is 17.0 Å². The van der Waals surface area contributed by atoms with Gasteiger partial charge in [-0.25, -0.2) is 9.52 Å². The quantitative estimate of drug-likeness (QED) is 0.436. The van der Waals surface area contributed by atoms with Gasteiger partial charge in [0, 0.05) is 15.5 Å². The van der Waals surface area contributed by atoms with Crippen molar-refractivity contribution >= 4 is 45.6 Å². The summed E-state index contributed by atoms with van der Waals surface area (Å²) in [4.78, 5) is 13.1. The lowest BCUT2D eigenvalue weighted by atomic mass is 10.1. The Kier molecular flexibility index (Phi) is 5.46. The fourth-order valence-electron chi connectivity index (χ4n) is 2.48. The zero-order chi connectivity index (χ0) is 18.8. The van der Waals surface area contributed by atoms with Crippen LogP contribution in [-0.4, -0.2) is 11.1 Å². The average molecular weight is 407 g/mol. The van der Waals surface area contributed by atoms with E-state index in [2.05, 4.69) is 4.72 Å². The number of carboxylic acids is 1. The van der Waals surface area contributed by atoms with Gasteiger partial charge in [-0.15, -0.1) is 11.3 Å². The molecule has 0 amide bonds. The number of carbonyl (C=O) groups is 1. The number of nitrogens with one attached hydrogen (secondary N) is 1. The van der Waals surface area contributed by atoms with Gasteiger partial charge in [0.05, 0.1) is 0 Å². The second-order valence-electron chi connectivity index (χ2n) is 5.82. The summed E-state index contributed by atoms with van der Waals surface area (Å²) < 4.78 is 15.6. The standard InChI is InChI=1S/C19H16ClNO3S2/c1-11-7-8-13(9-14(11)20)16-10-15(18(25-16)19(22)23)21-26(24)17-6-4-3-5-12(17)2/h3-10H,1-2H3,(H,21,24)(H,22,23)/p+1. The number of hydrogen-bond acceptors (Lipinski definition) is 3. The molecule has 0 radical (unpaired) electrons. The van der Waals surface area contributed by atoms with E-state index in [1.165, 1.54) is 0 Å². The maximum atomic E-state index is 12.7. The van der Waals surface area contributed by atoms with Crippen LogP contribution in [0.5, 0.6) is 0 Å². The summed E-state index contributed by atoms with van der Waals surface area (Å²) in [5.74, 6) is -1.06. The summed E-state index contributed by atoms with van der Waals surface area (Å²) in [6, 6.07) is 14.6. The second-order valence-corrected chi connectivity index (χ2v) is 8.57. The van der Waals surface area contributed by atoms with Crippen molar-refractivity contribution in [2.24, 2.45) is 0 Å². The predicted octanol–water partition coefficient (Wildman–Crippen LogP) is 5.47. The van der Waals surface area contributed by atoms with Crippen molar-refractivity contribution in [3.8, 4) is 10.4 Å². The van der Waals surface area contributed by atoms with Crippen molar-refractivity contribution in [3.05, 3.63) is 69.6 Å². The molecule has 0 aliphatic rings. The Bertz CT molecular complexity index is 1010. The molecule has 2 aromatic carbocycles. The van der Waals surface area contributed by atoms with Crippen LogP contribution in [0.25, 0.3) is 10.4 Å². The molecule has 2 N–H and O–H groups in total. The zero-order valence-electron chi connectivity index (χ0n) is 14.1. The van der Waals surface area contributed by atoms with Crippen LogP contribution in [0, 0.1) is 13.8 Å². The van der Waals surface area contributed by atoms with Crippen molar-refractivity contribution in [1.82, 2.24) is 0 Å². The smallest absolute Gasteiger partial charge is 0.348 e. The van der Waals surface area contributed by atoms with E-state index >= 15 is 0 Å². The molecule has 1 heterocycles. The zero-order valence-corrected chi connectivity index (χ0v) is 16.6. The number of halogens is 1. The Morgan fingerprint density at radius 3 is 2.50 bits per heavy atom. The highest BCUT2D eigenvalue weighted by atomic mass is 35.5. The van der Waals surface area contributed by atoms with E-state index in [1.807, 2.05) is 44.2 Å². The van der Waals surface area contributed by atoms with Crippen molar-refractivity contribution in [1.29, 1.82) is 0 Å². The molecule has 0 aliphatic heterocycles. The minimum atomic E-state index is -1.96. The lowest BCUT2D eigenvalue weighted by Crippen LogP contribution is -2.07. The van der Waals surface area contributed by atoms with Gasteiger partial charge < -0.3 is 5.11 Å². The molecule has 134 valence electrons. The maximum Gasteiger partial charge on any atom is 0.348 e. The summed E-state index contributed by atoms with van der Waals surface area (Å²) in [7, 11) is -1.96. The maximum absolute atomic E-state index is 12.7. The third-order valence-electron chi connectivity index (χ3n) is 3.94. The summed E-state index contributed by atoms with van der Waals surface area (Å²) in [5.41, 5.74) is 3.01. The Balaban J connectivity index is 1.98. The lowest BCUT2D eigenvalue weighted by Gasteiger charge is -2.02. The van der Waals surface area contributed by atoms with Gasteiger partial charge in [0.25, 0.3) is 0 Å². The first kappa shape index (κ1) is 18.6. The van der Waals surface area contributed by atoms with Crippen LogP contribution in [0.4, 0.5) is 5.69 Å². The predicted molar refractivity (Wildman–Crippen MR) is 109 cm³/mol. The third-order valence-corrected chi connectivity index (χ3v) is 6.90. The average Bonchev–Trinajstić information content (AvgIpc) is 3.01. The molecule has 0 bridgehead atoms. The van der Waals surface area contributed by atoms with Crippen molar-refractivity contribution in [3.63, 3.8) is 0 Å². The number of rotatable bonds is 5. The highest BCUT2D eigenvalue weighted by Crippen LogP contribution is 2.37. The van der Waals surface area contributed by atoms with Crippen molar-refractivity contribution in [2.75, 3.05) is 4.72 Å². The number of thiol groups is 1. The summed E-state index contributed by atoms with van der Waals surface area (Å²) in [6.07, 6.45) is 0. The first-order valence-electron chi connectivity index (χ1n) is 7.80. The molecular formula is C19H17ClNO3S2+. The number of benzene rings is 2. The van der Waals surface area contributed by atoms with Gasteiger partial charge in [-0.3, -0.25) is 0 Å². The Morgan fingerprint density at radius 2 is 1.85 bits per heavy atom. The van der Waals surface area contributed by atoms with E-state index in [0.29, 0.717) is 15.6 Å². The minimum Gasteiger partial charge on any atom is -0.477 e. The molecule has 0 aliphatic carbocycles. The number of hydrogen-bond donors (Lipinski definition) is 2. The summed E-state index contributed by atoms with van der Waals surface area (Å²) in [5, 5.41) is 10.1. The van der Waals surface area contributed by atoms with E-state index in [-0.39, 0.29) is 4.88 Å². The molecule has 3 aromatic rings. The molecule has 7 heteroatoms. The largest absolute Gasteiger partial charge is 0.477 e. The molecule has 0 saturated carbocycles. The molecule has 4 nitrogen and oxygen atoms in total. The molecule has 3 rings (SSSR count). The van der Waals surface area contributed by atoms with Gasteiger partial charge >= 0.3 is 5.97 Å². The topological polar surface area (TPSA) is 66.4 Å². The monoisotopic (exact) mass is 406 g/mol. The Hall–Kier alpha value is -2.15. The normalized spacial score (nSPS) is 12.0. The van der Waals surface area contributed by atoms with Crippen LogP contribution < -0.4 is 4.72 Å². The highest BCUT2D eigenvalue weighted by Gasteiger charge is 2.22. The van der Waals surface area contributed by atoms with Crippen LogP contribution >= 0.6 is 22.9 Å². The van der Waals surface area contributed by atoms with Gasteiger partial charge in [0.2, 0.25) is 0 Å². The molecule has 1 unspecified atom stereocenters. The second kappa shape index (κ2) is 7.61. The van der Waals surface area contributed by atoms with E-state index in [9.17, 15) is 14.1 Å². The third kappa shape index (κ3) is 3.82. The van der Waals surface area contributed by atoms with Crippen molar-refractivity contribution < 1.29 is 14.1 Å². The molecular weight excluding hydrogens is 390 g/mol. The highest BCUT2D eigenvalue weighted by molar-refractivity contribution is 7.86. The fourth-order valence-corrected chi connectivity index (χ4v) is 4.82. The van der Waals surface area contributed by atoms with Crippen LogP contribution in [0.3, 0.4) is 0 Å². The van der Waals surface area contributed by atoms with Gasteiger partial charge in [-0.05, 0) is 43.2 Å². The number of aryl methyl sites for hydroxylation is 2. The fraction of sp³-hybridized carbons (Fsp3) is 0.105. The van der Waals surface area contributed by atoms with Gasteiger partial charge in [-0.1, -0.05) is 46.1 Å². The molecule has 26 heavy (non-hydrogen) atoms. The summed E-state index contributed by atoms with van der Waals surface area (Å²) in [6.45, 7) is 3.78. The first-order valence-corrected chi connectivity index (χ1v) is 10.3. The van der Waals surface area contributed by atoms with E-state index in [1.54, 1.807) is 18.2 Å². The molecule has 1 aromatic heterocycles. The first-order chi connectivity index (χ1) is 12.4. The van der Waals surface area contributed by atoms with E-state index in [4.69, 9.17) is 11.6 Å². The Morgan fingerprint density at radius 1 is 1.12 bits per heavy atom. The summed E-state index contributed by atoms with van der Waals surface area (Å²) >= 11 is 7.31. The van der Waals surface area contributed by atoms with Crippen LogP contribution in [0.15, 0.2) is 53.4 Å². The van der Waals surface area contributed by atoms with Gasteiger partial charge in [0.15, 0.2) is 15.9 Å². The molecule has 0 saturated heterocycles. The SMILES string of the molecule is Cc1ccc(-c2cc(N[SH+](=O)c3ccccc3C)c(C(=O)O)s2)cc1Cl. The number of carboxylic acid groups (broad SMARTS) is 1.